The number of anilines is 3. The van der Waals surface area contributed by atoms with E-state index < -0.39 is 0 Å². The van der Waals surface area contributed by atoms with Gasteiger partial charge in [0.15, 0.2) is 0 Å². The van der Waals surface area contributed by atoms with Crippen LogP contribution < -0.4 is 4.90 Å². The van der Waals surface area contributed by atoms with Gasteiger partial charge in [0.05, 0.1) is 5.69 Å². The maximum Gasteiger partial charge on any atom is 0.0540 e. The van der Waals surface area contributed by atoms with Crippen LogP contribution in [0.3, 0.4) is 0 Å². The van der Waals surface area contributed by atoms with E-state index in [0.29, 0.717) is 0 Å². The lowest BCUT2D eigenvalue weighted by Crippen LogP contribution is -2.11. The van der Waals surface area contributed by atoms with Gasteiger partial charge in [-0.05, 0) is 127 Å². The summed E-state index contributed by atoms with van der Waals surface area (Å²) in [6.45, 7) is 0. The second-order valence-electron chi connectivity index (χ2n) is 16.9. The Hall–Kier alpha value is -8.30. The molecule has 66 heavy (non-hydrogen) atoms. The minimum absolute atomic E-state index is 1.09. The highest BCUT2D eigenvalue weighted by Crippen LogP contribution is 2.44. The highest BCUT2D eigenvalue weighted by molar-refractivity contribution is 7.26. The van der Waals surface area contributed by atoms with Crippen molar-refractivity contribution >= 4 is 59.3 Å². The van der Waals surface area contributed by atoms with Crippen LogP contribution in [0.15, 0.2) is 261 Å². The number of fused-ring (bicyclic) bond motifs is 4. The monoisotopic (exact) mass is 857 g/mol. The summed E-state index contributed by atoms with van der Waals surface area (Å²) in [6, 6.07) is 95.1. The zero-order valence-electron chi connectivity index (χ0n) is 36.2. The average Bonchev–Trinajstić information content (AvgIpc) is 3.79. The van der Waals surface area contributed by atoms with E-state index in [1.54, 1.807) is 0 Å². The van der Waals surface area contributed by atoms with Crippen LogP contribution >= 0.6 is 11.3 Å². The number of nitrogens with zero attached hydrogens (tertiary/aromatic N) is 1. The zero-order valence-corrected chi connectivity index (χ0v) is 37.0. The van der Waals surface area contributed by atoms with Crippen molar-refractivity contribution in [2.45, 2.75) is 0 Å². The molecule has 0 saturated heterocycles. The summed E-state index contributed by atoms with van der Waals surface area (Å²) in [5.74, 6) is 0. The van der Waals surface area contributed by atoms with Crippen LogP contribution in [0.1, 0.15) is 0 Å². The largest absolute Gasteiger partial charge is 0.310 e. The zero-order chi connectivity index (χ0) is 43.8. The molecule has 0 radical (unpaired) electrons. The first-order chi connectivity index (χ1) is 32.7. The molecule has 2 heteroatoms. The van der Waals surface area contributed by atoms with E-state index >= 15 is 0 Å². The predicted octanol–water partition coefficient (Wildman–Crippen LogP) is 18.7. The van der Waals surface area contributed by atoms with E-state index in [0.717, 1.165) is 17.1 Å². The summed E-state index contributed by atoms with van der Waals surface area (Å²) in [5, 5.41) is 5.14. The molecule has 0 spiro atoms. The summed E-state index contributed by atoms with van der Waals surface area (Å²) in [5.41, 5.74) is 17.7. The van der Waals surface area contributed by atoms with Gasteiger partial charge in [0.25, 0.3) is 0 Å². The second-order valence-corrected chi connectivity index (χ2v) is 17.9. The molecule has 1 nitrogen and oxygen atoms in total. The summed E-state index contributed by atoms with van der Waals surface area (Å²) < 4.78 is 2.64. The average molecular weight is 858 g/mol. The molecule has 0 unspecified atom stereocenters. The van der Waals surface area contributed by atoms with Gasteiger partial charge in [-0.15, -0.1) is 11.3 Å². The van der Waals surface area contributed by atoms with Crippen molar-refractivity contribution < 1.29 is 0 Å². The Labute approximate surface area is 389 Å². The fraction of sp³-hybridized carbons (Fsp3) is 0. The fourth-order valence-electron chi connectivity index (χ4n) is 9.51. The highest BCUT2D eigenvalue weighted by atomic mass is 32.1. The maximum atomic E-state index is 2.41. The fourth-order valence-corrected chi connectivity index (χ4v) is 10.7. The van der Waals surface area contributed by atoms with Gasteiger partial charge >= 0.3 is 0 Å². The first-order valence-corrected chi connectivity index (χ1v) is 23.4. The number of thiophene rings is 1. The SMILES string of the molecule is c1ccc(-c2cccc(-c3ccccc3N(c3ccc(-c4ccc(-c5cccc(-c6ccc7ccccc7c6)c5)cc4)cc3)c3ccc(-c4cccc5c4sc4ccccc45)cc3)c2)cc1. The van der Waals surface area contributed by atoms with Crippen molar-refractivity contribution in [2.24, 2.45) is 0 Å². The Kier molecular flexibility index (Phi) is 10.1. The van der Waals surface area contributed by atoms with Gasteiger partial charge in [-0.3, -0.25) is 0 Å². The molecular weight excluding hydrogens is 815 g/mol. The van der Waals surface area contributed by atoms with Crippen LogP contribution in [0.4, 0.5) is 17.1 Å². The van der Waals surface area contributed by atoms with Gasteiger partial charge in [-0.25, -0.2) is 0 Å². The van der Waals surface area contributed by atoms with E-state index in [1.165, 1.54) is 97.7 Å². The molecule has 11 aromatic carbocycles. The van der Waals surface area contributed by atoms with E-state index in [-0.39, 0.29) is 0 Å². The molecular formula is C64H43NS. The van der Waals surface area contributed by atoms with Crippen molar-refractivity contribution in [3.05, 3.63) is 261 Å². The van der Waals surface area contributed by atoms with E-state index in [1.807, 2.05) is 11.3 Å². The standard InChI is InChI=1S/C64H43NS/c1-2-13-44(14-3-1)52-18-11-20-55(43-52)58-21-6-8-25-62(58)65(57-39-35-49(36-40-57)59-23-12-24-61-60-22-7-9-26-63(60)66-64(59)61)56-37-33-47(34-38-56)46-27-29-48(30-28-46)51-17-10-19-53(41-51)54-32-31-45-15-4-5-16-50(45)42-54/h1-43H. The molecule has 0 fully saturated rings. The molecule has 12 rings (SSSR count). The molecule has 0 amide bonds. The van der Waals surface area contributed by atoms with Crippen LogP contribution in [-0.2, 0) is 0 Å². The molecule has 0 atom stereocenters. The molecule has 1 heterocycles. The van der Waals surface area contributed by atoms with Crippen LogP contribution in [0.5, 0.6) is 0 Å². The smallest absolute Gasteiger partial charge is 0.0540 e. The van der Waals surface area contributed by atoms with Gasteiger partial charge in [0, 0.05) is 37.1 Å². The summed E-state index contributed by atoms with van der Waals surface area (Å²) in [7, 11) is 0. The Balaban J connectivity index is 0.897. The molecule has 12 aromatic rings. The van der Waals surface area contributed by atoms with Crippen molar-refractivity contribution in [3.63, 3.8) is 0 Å². The van der Waals surface area contributed by atoms with E-state index in [2.05, 4.69) is 266 Å². The molecule has 0 aliphatic carbocycles. The van der Waals surface area contributed by atoms with Crippen LogP contribution in [0.2, 0.25) is 0 Å². The Morgan fingerprint density at radius 1 is 0.258 bits per heavy atom. The minimum atomic E-state index is 1.09. The predicted molar refractivity (Wildman–Crippen MR) is 284 cm³/mol. The van der Waals surface area contributed by atoms with Crippen molar-refractivity contribution in [1.29, 1.82) is 0 Å². The maximum absolute atomic E-state index is 2.41. The number of rotatable bonds is 9. The van der Waals surface area contributed by atoms with Gasteiger partial charge in [0.2, 0.25) is 0 Å². The lowest BCUT2D eigenvalue weighted by atomic mass is 9.96. The molecule has 0 bridgehead atoms. The number of hydrogen-bond acceptors (Lipinski definition) is 2. The third-order valence-electron chi connectivity index (χ3n) is 12.9. The van der Waals surface area contributed by atoms with Gasteiger partial charge in [-0.1, -0.05) is 206 Å². The third kappa shape index (κ3) is 7.44. The van der Waals surface area contributed by atoms with Gasteiger partial charge in [-0.2, -0.15) is 0 Å². The van der Waals surface area contributed by atoms with Crippen molar-refractivity contribution in [2.75, 3.05) is 4.90 Å². The molecule has 1 aromatic heterocycles. The quantitative estimate of drug-likeness (QED) is 0.140. The highest BCUT2D eigenvalue weighted by Gasteiger charge is 2.19. The lowest BCUT2D eigenvalue weighted by Gasteiger charge is -2.28. The minimum Gasteiger partial charge on any atom is -0.310 e. The van der Waals surface area contributed by atoms with E-state index in [9.17, 15) is 0 Å². The first kappa shape index (κ1) is 39.3. The topological polar surface area (TPSA) is 3.24 Å². The second kappa shape index (κ2) is 17.0. The van der Waals surface area contributed by atoms with Crippen molar-refractivity contribution in [3.8, 4) is 66.8 Å². The number of hydrogen-bond donors (Lipinski definition) is 0. The Bertz CT molecular complexity index is 3680. The number of benzene rings is 11. The van der Waals surface area contributed by atoms with Crippen LogP contribution in [0, 0.1) is 0 Å². The molecule has 0 aliphatic rings. The van der Waals surface area contributed by atoms with Crippen LogP contribution in [-0.4, -0.2) is 0 Å². The number of para-hydroxylation sites is 1. The van der Waals surface area contributed by atoms with Gasteiger partial charge < -0.3 is 4.90 Å². The van der Waals surface area contributed by atoms with Gasteiger partial charge in [0.1, 0.15) is 0 Å². The lowest BCUT2D eigenvalue weighted by molar-refractivity contribution is 1.28. The molecule has 0 saturated carbocycles. The normalized spacial score (nSPS) is 11.3. The summed E-state index contributed by atoms with van der Waals surface area (Å²) >= 11 is 1.87. The van der Waals surface area contributed by atoms with Crippen LogP contribution in [0.25, 0.3) is 97.7 Å². The van der Waals surface area contributed by atoms with E-state index in [4.69, 9.17) is 0 Å². The van der Waals surface area contributed by atoms with Crippen molar-refractivity contribution in [1.82, 2.24) is 0 Å². The molecule has 310 valence electrons. The third-order valence-corrected chi connectivity index (χ3v) is 14.1. The Morgan fingerprint density at radius 2 is 0.712 bits per heavy atom. The molecule has 0 aliphatic heterocycles. The molecule has 0 N–H and O–H groups in total. The summed E-state index contributed by atoms with van der Waals surface area (Å²) in [4.78, 5) is 2.41. The summed E-state index contributed by atoms with van der Waals surface area (Å²) in [6.07, 6.45) is 0. The first-order valence-electron chi connectivity index (χ1n) is 22.6. The Morgan fingerprint density at radius 3 is 1.45 bits per heavy atom.